The van der Waals surface area contributed by atoms with Crippen LogP contribution in [0.3, 0.4) is 0 Å². The minimum atomic E-state index is -1.08. The van der Waals surface area contributed by atoms with Crippen molar-refractivity contribution in [2.75, 3.05) is 26.2 Å². The highest BCUT2D eigenvalue weighted by atomic mass is 28.3. The highest BCUT2D eigenvalue weighted by Crippen LogP contribution is 2.09. The zero-order chi connectivity index (χ0) is 15.2. The number of hydrogen-bond donors (Lipinski definition) is 0. The zero-order valence-corrected chi connectivity index (χ0v) is 15.9. The molecule has 0 saturated heterocycles. The molecular weight excluding hydrogens is 260 g/mol. The Kier molecular flexibility index (Phi) is 13.8. The van der Waals surface area contributed by atoms with Crippen molar-refractivity contribution in [2.45, 2.75) is 73.1 Å². The van der Waals surface area contributed by atoms with Crippen LogP contribution in [0.25, 0.3) is 0 Å². The summed E-state index contributed by atoms with van der Waals surface area (Å²) >= 11 is 0. The van der Waals surface area contributed by atoms with Gasteiger partial charge in [0.25, 0.3) is 0 Å². The Morgan fingerprint density at radius 3 is 1.35 bits per heavy atom. The van der Waals surface area contributed by atoms with Gasteiger partial charge in [-0.05, 0) is 58.3 Å². The Labute approximate surface area is 130 Å². The lowest BCUT2D eigenvalue weighted by Crippen LogP contribution is -2.53. The van der Waals surface area contributed by atoms with E-state index in [0.717, 1.165) is 0 Å². The summed E-state index contributed by atoms with van der Waals surface area (Å²) in [6.45, 7) is 16.6. The summed E-state index contributed by atoms with van der Waals surface area (Å²) in [7, 11) is -1.08. The molecule has 0 fully saturated rings. The number of rotatable bonds is 13. The van der Waals surface area contributed by atoms with Gasteiger partial charge in [0.1, 0.15) is 0 Å². The van der Waals surface area contributed by atoms with Gasteiger partial charge in [-0.25, -0.2) is 0 Å². The van der Waals surface area contributed by atoms with Gasteiger partial charge in [-0.2, -0.15) is 0 Å². The van der Waals surface area contributed by atoms with Gasteiger partial charge in [-0.1, -0.05) is 52.8 Å². The predicted molar refractivity (Wildman–Crippen MR) is 95.5 cm³/mol. The van der Waals surface area contributed by atoms with Gasteiger partial charge in [0.2, 0.25) is 9.12 Å². The predicted octanol–water partition coefficient (Wildman–Crippen LogP) is 4.35. The maximum atomic E-state index is 2.80. The van der Waals surface area contributed by atoms with Crippen molar-refractivity contribution >= 4 is 9.12 Å². The average Bonchev–Trinajstić information content (AvgIpc) is 2.44. The lowest BCUT2D eigenvalue weighted by molar-refractivity contribution is 0.346. The normalized spacial score (nSPS) is 12.4. The largest absolute Gasteiger partial charge is 0.311 e. The van der Waals surface area contributed by atoms with Gasteiger partial charge in [0.05, 0.1) is 0 Å². The fraction of sp³-hybridized carbons (Fsp3) is 0.882. The highest BCUT2D eigenvalue weighted by Gasteiger charge is 2.23. The van der Waals surface area contributed by atoms with Gasteiger partial charge in [-0.15, -0.1) is 0 Å². The molecule has 0 aliphatic carbocycles. The van der Waals surface area contributed by atoms with Crippen LogP contribution >= 0.6 is 0 Å². The van der Waals surface area contributed by atoms with Crippen LogP contribution in [0.15, 0.2) is 11.8 Å². The summed E-state index contributed by atoms with van der Waals surface area (Å²) in [6.07, 6.45) is 10.1. The molecule has 20 heavy (non-hydrogen) atoms. The van der Waals surface area contributed by atoms with E-state index in [1.165, 1.54) is 64.7 Å². The van der Waals surface area contributed by atoms with Gasteiger partial charge in [0.15, 0.2) is 0 Å². The van der Waals surface area contributed by atoms with E-state index in [1.807, 2.05) is 0 Å². The third-order valence-corrected chi connectivity index (χ3v) is 6.70. The fourth-order valence-corrected chi connectivity index (χ4v) is 6.24. The molecule has 0 aromatic rings. The molecule has 0 aliphatic heterocycles. The van der Waals surface area contributed by atoms with Crippen molar-refractivity contribution in [1.29, 1.82) is 0 Å². The minimum absolute atomic E-state index is 1.08. The SMILES string of the molecule is CCCC=C[SiH](N(CCC)CCC)N(CCC)CCC. The van der Waals surface area contributed by atoms with Crippen LogP contribution in [0.1, 0.15) is 73.1 Å². The van der Waals surface area contributed by atoms with Gasteiger partial charge in [0, 0.05) is 0 Å². The second-order valence-electron chi connectivity index (χ2n) is 5.70. The molecule has 0 aliphatic rings. The molecule has 120 valence electrons. The fourth-order valence-electron chi connectivity index (χ4n) is 2.76. The van der Waals surface area contributed by atoms with Crippen molar-refractivity contribution < 1.29 is 0 Å². The third-order valence-electron chi connectivity index (χ3n) is 3.56. The van der Waals surface area contributed by atoms with Crippen LogP contribution in [0.5, 0.6) is 0 Å². The molecule has 0 saturated carbocycles. The topological polar surface area (TPSA) is 6.48 Å². The van der Waals surface area contributed by atoms with Crippen LogP contribution in [0.4, 0.5) is 0 Å². The van der Waals surface area contributed by atoms with E-state index >= 15 is 0 Å². The van der Waals surface area contributed by atoms with E-state index in [0.29, 0.717) is 0 Å². The summed E-state index contributed by atoms with van der Waals surface area (Å²) in [6, 6.07) is 0. The second kappa shape index (κ2) is 13.8. The van der Waals surface area contributed by atoms with Crippen LogP contribution in [-0.2, 0) is 0 Å². The van der Waals surface area contributed by atoms with E-state index in [4.69, 9.17) is 0 Å². The molecule has 0 bridgehead atoms. The Morgan fingerprint density at radius 2 is 1.05 bits per heavy atom. The summed E-state index contributed by atoms with van der Waals surface area (Å²) < 4.78 is 5.61. The molecular formula is C17H38N2Si. The molecule has 0 N–H and O–H groups in total. The van der Waals surface area contributed by atoms with Crippen LogP contribution in [0.2, 0.25) is 0 Å². The number of nitrogens with zero attached hydrogens (tertiary/aromatic N) is 2. The molecule has 0 unspecified atom stereocenters. The standard InChI is InChI=1S/C17H38N2Si/c1-6-11-12-17-20(18(13-7-2)14-8-3)19(15-9-4)16-10-5/h12,17,20H,6-11,13-16H2,1-5H3. The van der Waals surface area contributed by atoms with Crippen molar-refractivity contribution in [3.63, 3.8) is 0 Å². The minimum Gasteiger partial charge on any atom is -0.311 e. The monoisotopic (exact) mass is 298 g/mol. The summed E-state index contributed by atoms with van der Waals surface area (Å²) in [5.74, 6) is 0. The van der Waals surface area contributed by atoms with Crippen molar-refractivity contribution in [2.24, 2.45) is 0 Å². The molecule has 3 heteroatoms. The second-order valence-corrected chi connectivity index (χ2v) is 8.38. The Hall–Kier alpha value is -0.123. The number of allylic oxidation sites excluding steroid dienone is 1. The molecule has 0 aromatic heterocycles. The number of unbranched alkanes of at least 4 members (excludes halogenated alkanes) is 1. The molecule has 2 nitrogen and oxygen atoms in total. The molecule has 0 heterocycles. The van der Waals surface area contributed by atoms with Crippen LogP contribution < -0.4 is 0 Å². The molecule has 0 amide bonds. The Balaban J connectivity index is 4.95. The van der Waals surface area contributed by atoms with E-state index in [-0.39, 0.29) is 0 Å². The smallest absolute Gasteiger partial charge is 0.215 e. The first-order valence-corrected chi connectivity index (χ1v) is 10.6. The van der Waals surface area contributed by atoms with E-state index in [9.17, 15) is 0 Å². The van der Waals surface area contributed by atoms with Gasteiger partial charge >= 0.3 is 0 Å². The lowest BCUT2D eigenvalue weighted by Gasteiger charge is -2.36. The first-order chi connectivity index (χ1) is 9.74. The van der Waals surface area contributed by atoms with E-state index in [2.05, 4.69) is 55.5 Å². The molecule has 0 rings (SSSR count). The molecule has 0 spiro atoms. The third kappa shape index (κ3) is 8.23. The Morgan fingerprint density at radius 1 is 0.650 bits per heavy atom. The van der Waals surface area contributed by atoms with Crippen molar-refractivity contribution in [3.8, 4) is 0 Å². The van der Waals surface area contributed by atoms with Gasteiger partial charge < -0.3 is 9.13 Å². The maximum Gasteiger partial charge on any atom is 0.215 e. The number of hydrogen-bond acceptors (Lipinski definition) is 2. The first kappa shape index (κ1) is 19.9. The summed E-state index contributed by atoms with van der Waals surface area (Å²) in [5, 5.41) is 0. The lowest BCUT2D eigenvalue weighted by atomic mass is 10.3. The van der Waals surface area contributed by atoms with Crippen molar-refractivity contribution in [3.05, 3.63) is 11.8 Å². The zero-order valence-electron chi connectivity index (χ0n) is 14.7. The quantitative estimate of drug-likeness (QED) is 0.467. The summed E-state index contributed by atoms with van der Waals surface area (Å²) in [5.41, 5.74) is 2.60. The molecule has 0 atom stereocenters. The van der Waals surface area contributed by atoms with Crippen LogP contribution in [-0.4, -0.2) is 44.4 Å². The van der Waals surface area contributed by atoms with Crippen LogP contribution in [0, 0.1) is 0 Å². The van der Waals surface area contributed by atoms with E-state index < -0.39 is 9.12 Å². The van der Waals surface area contributed by atoms with Crippen molar-refractivity contribution in [1.82, 2.24) is 9.13 Å². The maximum absolute atomic E-state index is 2.80. The highest BCUT2D eigenvalue weighted by molar-refractivity contribution is 6.58. The molecule has 0 aromatic carbocycles. The van der Waals surface area contributed by atoms with E-state index in [1.54, 1.807) is 0 Å². The van der Waals surface area contributed by atoms with Gasteiger partial charge in [-0.3, -0.25) is 0 Å². The molecule has 0 radical (unpaired) electrons. The average molecular weight is 299 g/mol. The Bertz CT molecular complexity index is 203. The first-order valence-electron chi connectivity index (χ1n) is 8.89. The summed E-state index contributed by atoms with van der Waals surface area (Å²) in [4.78, 5) is 0.